The molecule has 176 valence electrons. The number of methoxy groups -OCH3 is 1. The number of nitrogens with one attached hydrogen (secondary N) is 1. The number of para-hydroxylation sites is 1. The van der Waals surface area contributed by atoms with Crippen LogP contribution in [-0.4, -0.2) is 46.9 Å². The molecule has 0 radical (unpaired) electrons. The second kappa shape index (κ2) is 9.58. The van der Waals surface area contributed by atoms with E-state index in [1.807, 2.05) is 35.8 Å². The first-order valence-electron chi connectivity index (χ1n) is 9.77. The zero-order chi connectivity index (χ0) is 24.5. The van der Waals surface area contributed by atoms with Gasteiger partial charge in [0.2, 0.25) is 15.9 Å². The summed E-state index contributed by atoms with van der Waals surface area (Å²) in [5, 5.41) is 17.6. The number of ether oxygens (including phenoxy) is 1. The highest BCUT2D eigenvalue weighted by atomic mass is 35.5. The number of halogens is 1. The second-order valence-corrected chi connectivity index (χ2v) is 10.0. The van der Waals surface area contributed by atoms with Gasteiger partial charge in [-0.15, -0.1) is 10.2 Å². The number of sulfonamides is 1. The standard InChI is InChI=1S/C21H19ClN6O4S2/c1-12-26-27-21(28(12)18-5-3-4-13-8-14(32-2)10-24-20(13)18)33-11-19(29)25-17-7-6-15(9-16(17)22)34(23,30)31/h3-10H,11H2,1-2H3,(H,25,29)(H2,23,30,31). The number of carbonyl (C=O) groups is 1. The summed E-state index contributed by atoms with van der Waals surface area (Å²) < 4.78 is 30.0. The molecule has 13 heteroatoms. The highest BCUT2D eigenvalue weighted by Gasteiger charge is 2.17. The summed E-state index contributed by atoms with van der Waals surface area (Å²) in [6.45, 7) is 1.81. The Morgan fingerprint density at radius 2 is 2.03 bits per heavy atom. The number of rotatable bonds is 7. The number of fused-ring (bicyclic) bond motifs is 1. The van der Waals surface area contributed by atoms with Crippen LogP contribution in [0.25, 0.3) is 16.6 Å². The first-order chi connectivity index (χ1) is 16.2. The molecule has 4 rings (SSSR count). The zero-order valence-corrected chi connectivity index (χ0v) is 20.4. The lowest BCUT2D eigenvalue weighted by atomic mass is 10.2. The number of aryl methyl sites for hydroxylation is 1. The molecule has 0 spiro atoms. The van der Waals surface area contributed by atoms with Gasteiger partial charge in [0, 0.05) is 5.39 Å². The van der Waals surface area contributed by atoms with Gasteiger partial charge in [-0.05, 0) is 37.3 Å². The molecule has 34 heavy (non-hydrogen) atoms. The minimum Gasteiger partial charge on any atom is -0.495 e. The average molecular weight is 519 g/mol. The van der Waals surface area contributed by atoms with Crippen molar-refractivity contribution in [2.24, 2.45) is 5.14 Å². The van der Waals surface area contributed by atoms with Crippen molar-refractivity contribution >= 4 is 55.9 Å². The van der Waals surface area contributed by atoms with Gasteiger partial charge >= 0.3 is 0 Å². The topological polar surface area (TPSA) is 142 Å². The Morgan fingerprint density at radius 3 is 2.74 bits per heavy atom. The lowest BCUT2D eigenvalue weighted by Gasteiger charge is -2.12. The molecular formula is C21H19ClN6O4S2. The number of carbonyl (C=O) groups excluding carboxylic acids is 1. The molecule has 0 saturated heterocycles. The number of hydrogen-bond acceptors (Lipinski definition) is 8. The van der Waals surface area contributed by atoms with Crippen molar-refractivity contribution in [3.63, 3.8) is 0 Å². The molecule has 2 aromatic carbocycles. The van der Waals surface area contributed by atoms with Crippen molar-refractivity contribution in [3.05, 3.63) is 59.5 Å². The van der Waals surface area contributed by atoms with Crippen LogP contribution in [0.15, 0.2) is 58.7 Å². The zero-order valence-electron chi connectivity index (χ0n) is 18.0. The van der Waals surface area contributed by atoms with E-state index < -0.39 is 10.0 Å². The molecule has 0 fully saturated rings. The molecule has 0 aliphatic carbocycles. The average Bonchev–Trinajstić information content (AvgIpc) is 3.17. The van der Waals surface area contributed by atoms with Gasteiger partial charge in [0.05, 0.1) is 45.9 Å². The maximum Gasteiger partial charge on any atom is 0.238 e. The van der Waals surface area contributed by atoms with Gasteiger partial charge in [0.1, 0.15) is 11.6 Å². The van der Waals surface area contributed by atoms with Crippen LogP contribution in [-0.2, 0) is 14.8 Å². The number of pyridine rings is 1. The molecule has 0 saturated carbocycles. The van der Waals surface area contributed by atoms with Crippen molar-refractivity contribution in [3.8, 4) is 11.4 Å². The number of aromatic nitrogens is 4. The van der Waals surface area contributed by atoms with E-state index in [1.54, 1.807) is 13.3 Å². The van der Waals surface area contributed by atoms with Gasteiger partial charge in [-0.1, -0.05) is 35.5 Å². The van der Waals surface area contributed by atoms with Crippen molar-refractivity contribution < 1.29 is 17.9 Å². The predicted octanol–water partition coefficient (Wildman–Crippen LogP) is 3.16. The molecule has 0 aliphatic rings. The van der Waals surface area contributed by atoms with Crippen LogP contribution in [0, 0.1) is 6.92 Å². The Bertz CT molecular complexity index is 1510. The largest absolute Gasteiger partial charge is 0.495 e. The second-order valence-electron chi connectivity index (χ2n) is 7.11. The molecule has 4 aromatic rings. The van der Waals surface area contributed by atoms with Crippen LogP contribution >= 0.6 is 23.4 Å². The van der Waals surface area contributed by atoms with Crippen LogP contribution in [0.3, 0.4) is 0 Å². The fourth-order valence-electron chi connectivity index (χ4n) is 3.22. The number of nitrogens with zero attached hydrogens (tertiary/aromatic N) is 4. The minimum atomic E-state index is -3.90. The Kier molecular flexibility index (Phi) is 6.75. The molecular weight excluding hydrogens is 500 g/mol. The fourth-order valence-corrected chi connectivity index (χ4v) is 4.84. The monoisotopic (exact) mass is 518 g/mol. The fraction of sp³-hybridized carbons (Fsp3) is 0.143. The summed E-state index contributed by atoms with van der Waals surface area (Å²) in [6, 6.07) is 11.4. The SMILES string of the molecule is COc1cnc2c(-n3c(C)nnc3SCC(=O)Nc3ccc(S(N)(=O)=O)cc3Cl)cccc2c1. The maximum absolute atomic E-state index is 12.5. The number of amides is 1. The van der Waals surface area contributed by atoms with Gasteiger partial charge in [0.15, 0.2) is 5.16 Å². The number of nitrogens with two attached hydrogens (primary N) is 1. The minimum absolute atomic E-state index is 0.0113. The van der Waals surface area contributed by atoms with Gasteiger partial charge in [-0.2, -0.15) is 0 Å². The normalized spacial score (nSPS) is 11.5. The van der Waals surface area contributed by atoms with Crippen LogP contribution in [0.5, 0.6) is 5.75 Å². The highest BCUT2D eigenvalue weighted by Crippen LogP contribution is 2.29. The lowest BCUT2D eigenvalue weighted by molar-refractivity contribution is -0.113. The number of anilines is 1. The van der Waals surface area contributed by atoms with Crippen molar-refractivity contribution in [2.45, 2.75) is 17.0 Å². The summed E-state index contributed by atoms with van der Waals surface area (Å²) in [4.78, 5) is 16.9. The third-order valence-corrected chi connectivity index (χ3v) is 6.96. The summed E-state index contributed by atoms with van der Waals surface area (Å²) >= 11 is 7.28. The predicted molar refractivity (Wildman–Crippen MR) is 130 cm³/mol. The highest BCUT2D eigenvalue weighted by molar-refractivity contribution is 7.99. The van der Waals surface area contributed by atoms with E-state index in [-0.39, 0.29) is 27.3 Å². The molecule has 0 unspecified atom stereocenters. The first-order valence-corrected chi connectivity index (χ1v) is 12.7. The third kappa shape index (κ3) is 4.99. The van der Waals surface area contributed by atoms with E-state index in [0.29, 0.717) is 16.7 Å². The van der Waals surface area contributed by atoms with E-state index in [4.69, 9.17) is 21.5 Å². The number of hydrogen-bond donors (Lipinski definition) is 2. The molecule has 1 amide bonds. The van der Waals surface area contributed by atoms with Crippen LogP contribution in [0.2, 0.25) is 5.02 Å². The van der Waals surface area contributed by atoms with Gasteiger partial charge < -0.3 is 10.1 Å². The molecule has 3 N–H and O–H groups in total. The van der Waals surface area contributed by atoms with E-state index in [2.05, 4.69) is 20.5 Å². The molecule has 0 bridgehead atoms. The maximum atomic E-state index is 12.5. The van der Waals surface area contributed by atoms with Crippen LogP contribution < -0.4 is 15.2 Å². The van der Waals surface area contributed by atoms with Gasteiger partial charge in [-0.25, -0.2) is 13.6 Å². The molecule has 2 heterocycles. The van der Waals surface area contributed by atoms with E-state index in [9.17, 15) is 13.2 Å². The van der Waals surface area contributed by atoms with E-state index in [0.717, 1.165) is 16.6 Å². The van der Waals surface area contributed by atoms with E-state index in [1.165, 1.54) is 30.0 Å². The Hall–Kier alpha value is -3.19. The third-order valence-electron chi connectivity index (χ3n) is 4.81. The lowest BCUT2D eigenvalue weighted by Crippen LogP contribution is -2.16. The summed E-state index contributed by atoms with van der Waals surface area (Å²) in [7, 11) is -2.32. The summed E-state index contributed by atoms with van der Waals surface area (Å²) in [5.74, 6) is 0.933. The Labute approximate surface area is 204 Å². The number of thioether (sulfide) groups is 1. The van der Waals surface area contributed by atoms with Crippen molar-refractivity contribution in [1.82, 2.24) is 19.7 Å². The molecule has 0 atom stereocenters. The van der Waals surface area contributed by atoms with Gasteiger partial charge in [-0.3, -0.25) is 14.3 Å². The Balaban J connectivity index is 1.54. The number of primary sulfonamides is 1. The van der Waals surface area contributed by atoms with Crippen molar-refractivity contribution in [2.75, 3.05) is 18.2 Å². The molecule has 0 aliphatic heterocycles. The smallest absolute Gasteiger partial charge is 0.238 e. The van der Waals surface area contributed by atoms with Crippen molar-refractivity contribution in [1.29, 1.82) is 0 Å². The molecule has 2 aromatic heterocycles. The van der Waals surface area contributed by atoms with Gasteiger partial charge in [0.25, 0.3) is 0 Å². The van der Waals surface area contributed by atoms with E-state index >= 15 is 0 Å². The number of benzene rings is 2. The quantitative estimate of drug-likeness (QED) is 0.355. The Morgan fingerprint density at radius 1 is 1.24 bits per heavy atom. The molecule has 10 nitrogen and oxygen atoms in total. The van der Waals surface area contributed by atoms with Crippen LogP contribution in [0.1, 0.15) is 5.82 Å². The first kappa shape index (κ1) is 24.0. The summed E-state index contributed by atoms with van der Waals surface area (Å²) in [6.07, 6.45) is 1.64. The van der Waals surface area contributed by atoms with Crippen LogP contribution in [0.4, 0.5) is 5.69 Å². The summed E-state index contributed by atoms with van der Waals surface area (Å²) in [5.41, 5.74) is 1.77.